The highest BCUT2D eigenvalue weighted by Gasteiger charge is 2.58. The molecule has 21 nitrogen and oxygen atoms in total. The quantitative estimate of drug-likeness (QED) is 0.0145. The van der Waals surface area contributed by atoms with Gasteiger partial charge in [0.05, 0.1) is 34.6 Å². The van der Waals surface area contributed by atoms with Gasteiger partial charge in [-0.05, 0) is 180 Å². The number of amides is 3. The van der Waals surface area contributed by atoms with Crippen LogP contribution in [0.2, 0.25) is 0 Å². The minimum absolute atomic E-state index is 0.00469. The maximum atomic E-state index is 13.8. The van der Waals surface area contributed by atoms with Crippen LogP contribution in [0.5, 0.6) is 0 Å². The van der Waals surface area contributed by atoms with Crippen molar-refractivity contribution in [2.24, 2.45) is 27.0 Å². The molecule has 2 aliphatic heterocycles. The summed E-state index contributed by atoms with van der Waals surface area (Å²) in [6.07, 6.45) is 8.97. The highest BCUT2D eigenvalue weighted by atomic mass is 32.1. The number of pyridine rings is 1. The molecule has 0 spiro atoms. The van der Waals surface area contributed by atoms with Crippen molar-refractivity contribution >= 4 is 80.9 Å². The van der Waals surface area contributed by atoms with E-state index >= 15 is 0 Å². The lowest BCUT2D eigenvalue weighted by Gasteiger charge is -2.61. The SMILES string of the molecule is CNCCCC(NC)C(=O)Nc1ccc(COC(=O)N2CCC(N(CCCP(=O)(O)O)CCOC34CC(C)(C)CC(C)(CC(C)(CN=C(C)C(=CN)c5ccc(N6CCc7cccc(C(=O)Nc8nc9ccccc9s8)c7C6)nc5C(=O)O)C3)C4)CC2)cc1. The van der Waals surface area contributed by atoms with Gasteiger partial charge in [-0.3, -0.25) is 29.4 Å². The van der Waals surface area contributed by atoms with Gasteiger partial charge in [0.15, 0.2) is 10.8 Å². The number of rotatable bonds is 26. The van der Waals surface area contributed by atoms with Gasteiger partial charge in [0.25, 0.3) is 5.91 Å². The Hall–Kier alpha value is -6.62. The number of piperidine rings is 1. The van der Waals surface area contributed by atoms with Crippen LogP contribution in [0.25, 0.3) is 15.8 Å². The van der Waals surface area contributed by atoms with Crippen molar-refractivity contribution in [3.63, 3.8) is 0 Å². The average molecular weight is 1260 g/mol. The van der Waals surface area contributed by atoms with E-state index in [9.17, 15) is 38.6 Å². The van der Waals surface area contributed by atoms with Crippen molar-refractivity contribution in [2.75, 3.05) is 88.2 Å². The Morgan fingerprint density at radius 2 is 1.65 bits per heavy atom. The molecule has 2 aliphatic carbocycles. The van der Waals surface area contributed by atoms with E-state index in [2.05, 4.69) is 58.8 Å². The summed E-state index contributed by atoms with van der Waals surface area (Å²) in [6, 6.07) is 24.0. The first kappa shape index (κ1) is 66.8. The van der Waals surface area contributed by atoms with Crippen molar-refractivity contribution in [2.45, 2.75) is 136 Å². The van der Waals surface area contributed by atoms with Crippen LogP contribution >= 0.6 is 18.9 Å². The predicted octanol–water partition coefficient (Wildman–Crippen LogP) is 9.93. The maximum absolute atomic E-state index is 13.8. The lowest BCUT2D eigenvalue weighted by atomic mass is 9.48. The number of likely N-dealkylation sites (tertiary alicyclic amines) is 1. The molecule has 23 heteroatoms. The molecule has 4 heterocycles. The van der Waals surface area contributed by atoms with E-state index in [-0.39, 0.29) is 58.6 Å². The normalized spacial score (nSPS) is 21.8. The second kappa shape index (κ2) is 28.7. The Kier molecular flexibility index (Phi) is 21.5. The number of aliphatic imine (C=N–C) groups is 1. The van der Waals surface area contributed by atoms with Crippen molar-refractivity contribution in [1.29, 1.82) is 0 Å². The van der Waals surface area contributed by atoms with E-state index in [1.54, 1.807) is 36.2 Å². The number of nitrogens with one attached hydrogen (secondary N) is 4. The van der Waals surface area contributed by atoms with E-state index < -0.39 is 25.3 Å². The molecule has 480 valence electrons. The summed E-state index contributed by atoms with van der Waals surface area (Å²) in [5.41, 5.74) is 11.5. The summed E-state index contributed by atoms with van der Waals surface area (Å²) >= 11 is 1.41. The van der Waals surface area contributed by atoms with Crippen LogP contribution in [0, 0.1) is 16.2 Å². The summed E-state index contributed by atoms with van der Waals surface area (Å²) < 4.78 is 26.0. The highest BCUT2D eigenvalue weighted by Crippen LogP contribution is 2.63. The largest absolute Gasteiger partial charge is 0.476 e. The van der Waals surface area contributed by atoms with Gasteiger partial charge in [-0.15, -0.1) is 0 Å². The summed E-state index contributed by atoms with van der Waals surface area (Å²) in [5.74, 6) is -1.11. The van der Waals surface area contributed by atoms with Crippen molar-refractivity contribution in [3.05, 3.63) is 119 Å². The molecule has 5 aromatic rings. The van der Waals surface area contributed by atoms with Crippen LogP contribution in [0.4, 0.5) is 21.4 Å². The Balaban J connectivity index is 0.823. The second-order valence-corrected chi connectivity index (χ2v) is 29.2. The third-order valence-corrected chi connectivity index (χ3v) is 20.0. The first-order chi connectivity index (χ1) is 42.4. The lowest BCUT2D eigenvalue weighted by Crippen LogP contribution is -2.57. The number of thiazole rings is 1. The fraction of sp³-hybridized carbons (Fsp3) is 0.530. The molecule has 89 heavy (non-hydrogen) atoms. The number of ether oxygens (including phenoxy) is 2. The van der Waals surface area contributed by atoms with Gasteiger partial charge in [0.2, 0.25) is 5.91 Å². The van der Waals surface area contributed by atoms with Gasteiger partial charge in [-0.25, -0.2) is 19.6 Å². The zero-order valence-electron chi connectivity index (χ0n) is 52.6. The molecule has 4 atom stereocenters. The van der Waals surface area contributed by atoms with E-state index in [4.69, 9.17) is 25.2 Å². The topological polar surface area (TPSA) is 286 Å². The number of carbonyl (C=O) groups excluding carboxylic acids is 3. The molecule has 4 unspecified atom stereocenters. The number of carbonyl (C=O) groups is 4. The number of aromatic nitrogens is 2. The third kappa shape index (κ3) is 17.3. The second-order valence-electron chi connectivity index (χ2n) is 26.4. The number of nitrogens with zero attached hydrogens (tertiary/aromatic N) is 6. The van der Waals surface area contributed by atoms with Crippen LogP contribution < -0.4 is 31.9 Å². The Morgan fingerprint density at radius 3 is 2.36 bits per heavy atom. The molecule has 2 saturated carbocycles. The van der Waals surface area contributed by atoms with Crippen LogP contribution in [0.15, 0.2) is 90.1 Å². The molecule has 2 aromatic heterocycles. The highest BCUT2D eigenvalue weighted by molar-refractivity contribution is 7.51. The van der Waals surface area contributed by atoms with Crippen molar-refractivity contribution in [1.82, 2.24) is 30.4 Å². The molecule has 4 aliphatic rings. The van der Waals surface area contributed by atoms with Crippen LogP contribution in [0.3, 0.4) is 0 Å². The number of aromatic carboxylic acids is 1. The third-order valence-electron chi connectivity index (χ3n) is 18.1. The number of likely N-dealkylation sites (N-methyl/N-ethyl adjacent to an activating group) is 1. The van der Waals surface area contributed by atoms with Crippen LogP contribution in [-0.4, -0.2) is 155 Å². The number of allylic oxidation sites excluding steroid dienone is 1. The Bertz CT molecular complexity index is 3420. The predicted molar refractivity (Wildman–Crippen MR) is 351 cm³/mol. The fourth-order valence-electron chi connectivity index (χ4n) is 15.1. The van der Waals surface area contributed by atoms with Crippen LogP contribution in [0.1, 0.15) is 142 Å². The smallest absolute Gasteiger partial charge is 0.410 e. The maximum Gasteiger partial charge on any atom is 0.410 e. The number of fused-ring (bicyclic) bond motifs is 4. The number of benzene rings is 3. The monoisotopic (exact) mass is 1260 g/mol. The van der Waals surface area contributed by atoms with Gasteiger partial charge in [0, 0.05) is 79.6 Å². The molecular weight excluding hydrogens is 1170 g/mol. The number of hydrogen-bond acceptors (Lipinski definition) is 16. The standard InChI is InChI=1S/C66H90N11O10PS/c1-44(51(35-67)49-22-23-56(73-57(49)60(80)81)77-29-24-46-13-10-14-50(52(46)36-77)58(78)74-61-72-53-15-8-9-17-55(53)89-61)70-43-65(5)40-64(4)38-63(2,3)39-66(41-64,42-65)87-33-32-75(28-12-34-88(83,84)85)48-25-30-76(31-26-48)62(82)86-37-45-18-20-47(21-19-45)71-59(79)54(69-7)16-11-27-68-6/h8-10,13-15,17-23,35,48,54,68-69H,11-12,16,24-34,36-43,67H2,1-7H3,(H,71,79)(H,80,81)(H,72,74,78)(H2,83,84,85). The van der Waals surface area contributed by atoms with Crippen molar-refractivity contribution in [3.8, 4) is 0 Å². The number of para-hydroxylation sites is 1. The molecule has 9 N–H and O–H groups in total. The molecule has 9 rings (SSSR count). The average Bonchev–Trinajstić information content (AvgIpc) is 1.74. The Morgan fingerprint density at radius 1 is 0.888 bits per heavy atom. The lowest BCUT2D eigenvalue weighted by molar-refractivity contribution is -0.191. The van der Waals surface area contributed by atoms with E-state index in [0.29, 0.717) is 124 Å². The number of anilines is 3. The van der Waals surface area contributed by atoms with E-state index in [0.717, 1.165) is 72.0 Å². The molecule has 0 radical (unpaired) electrons. The molecule has 3 aromatic carbocycles. The molecule has 2 bridgehead atoms. The van der Waals surface area contributed by atoms with Gasteiger partial charge in [-0.1, -0.05) is 75.4 Å². The Labute approximate surface area is 526 Å². The number of carboxylic acid groups (broad SMARTS) is 1. The first-order valence-corrected chi connectivity index (χ1v) is 33.8. The first-order valence-electron chi connectivity index (χ1n) is 31.2. The number of nitrogens with two attached hydrogens (primary N) is 1. The summed E-state index contributed by atoms with van der Waals surface area (Å²) in [6.45, 7) is 15.7. The van der Waals surface area contributed by atoms with Gasteiger partial charge in [0.1, 0.15) is 12.4 Å². The molecule has 3 fully saturated rings. The van der Waals surface area contributed by atoms with E-state index in [1.165, 1.54) is 17.5 Å². The summed E-state index contributed by atoms with van der Waals surface area (Å²) in [4.78, 5) is 93.4. The molecule has 1 saturated heterocycles. The van der Waals surface area contributed by atoms with Gasteiger partial charge >= 0.3 is 19.7 Å². The van der Waals surface area contributed by atoms with Gasteiger partial charge < -0.3 is 55.9 Å². The summed E-state index contributed by atoms with van der Waals surface area (Å²) in [7, 11) is -0.573. The molecule has 3 amide bonds. The van der Waals surface area contributed by atoms with E-state index in [1.807, 2.05) is 73.5 Å². The molecular formula is C66H90N11O10PS. The minimum Gasteiger partial charge on any atom is -0.476 e. The minimum atomic E-state index is -4.23. The zero-order valence-corrected chi connectivity index (χ0v) is 54.3. The number of carboxylic acids is 1. The number of hydrogen-bond donors (Lipinski definition) is 8. The van der Waals surface area contributed by atoms with Crippen molar-refractivity contribution < 1.29 is 48.1 Å². The summed E-state index contributed by atoms with van der Waals surface area (Å²) in [5, 5.41) is 23.4. The zero-order chi connectivity index (χ0) is 63.7. The van der Waals surface area contributed by atoms with Crippen LogP contribution in [-0.2, 0) is 38.4 Å². The van der Waals surface area contributed by atoms with Gasteiger partial charge in [-0.2, -0.15) is 0 Å². The fourth-order valence-corrected chi connectivity index (χ4v) is 16.5.